The summed E-state index contributed by atoms with van der Waals surface area (Å²) in [6.07, 6.45) is 1.99. The molecule has 0 fully saturated rings. The lowest BCUT2D eigenvalue weighted by Gasteiger charge is -2.10. The quantitative estimate of drug-likeness (QED) is 0.809. The first kappa shape index (κ1) is 16.9. The first-order valence-electron chi connectivity index (χ1n) is 7.92. The Labute approximate surface area is 136 Å². The van der Waals surface area contributed by atoms with Gasteiger partial charge in [0.1, 0.15) is 5.75 Å². The molecular formula is C16H23N5O2. The average molecular weight is 317 g/mol. The molecular weight excluding hydrogens is 294 g/mol. The zero-order valence-corrected chi connectivity index (χ0v) is 13.8. The summed E-state index contributed by atoms with van der Waals surface area (Å²) in [6, 6.07) is 7.81. The van der Waals surface area contributed by atoms with Gasteiger partial charge in [-0.2, -0.15) is 4.80 Å². The number of carbonyl (C=O) groups is 1. The predicted molar refractivity (Wildman–Crippen MR) is 87.4 cm³/mol. The summed E-state index contributed by atoms with van der Waals surface area (Å²) in [5.41, 5.74) is 1.26. The van der Waals surface area contributed by atoms with E-state index in [0.29, 0.717) is 18.2 Å². The monoisotopic (exact) mass is 317 g/mol. The molecule has 2 rings (SSSR count). The highest BCUT2D eigenvalue weighted by atomic mass is 16.5. The zero-order chi connectivity index (χ0) is 16.7. The highest BCUT2D eigenvalue weighted by molar-refractivity contribution is 5.90. The summed E-state index contributed by atoms with van der Waals surface area (Å²) in [6.45, 7) is 6.93. The van der Waals surface area contributed by atoms with E-state index >= 15 is 0 Å². The third kappa shape index (κ3) is 5.05. The number of anilines is 1. The maximum atomic E-state index is 11.8. The minimum Gasteiger partial charge on any atom is -0.484 e. The van der Waals surface area contributed by atoms with Crippen LogP contribution in [0, 0.1) is 0 Å². The number of hydrogen-bond donors (Lipinski definition) is 1. The second-order valence-corrected chi connectivity index (χ2v) is 5.42. The Morgan fingerprint density at radius 1 is 1.30 bits per heavy atom. The third-order valence-electron chi connectivity index (χ3n) is 3.56. The van der Waals surface area contributed by atoms with Crippen LogP contribution < -0.4 is 10.1 Å². The Morgan fingerprint density at radius 2 is 2.04 bits per heavy atom. The van der Waals surface area contributed by atoms with Crippen molar-refractivity contribution in [3.05, 3.63) is 29.8 Å². The van der Waals surface area contributed by atoms with Gasteiger partial charge in [0.25, 0.3) is 11.9 Å². The number of ether oxygens (including phenoxy) is 1. The molecule has 0 bridgehead atoms. The van der Waals surface area contributed by atoms with Crippen LogP contribution in [0.1, 0.15) is 45.1 Å². The summed E-state index contributed by atoms with van der Waals surface area (Å²) < 4.78 is 5.47. The molecule has 7 heteroatoms. The fraction of sp³-hybridized carbons (Fsp3) is 0.500. The summed E-state index contributed by atoms with van der Waals surface area (Å²) in [5.74, 6) is 1.06. The molecule has 1 atom stereocenters. The topological polar surface area (TPSA) is 81.9 Å². The molecule has 0 saturated heterocycles. The fourth-order valence-electron chi connectivity index (χ4n) is 2.03. The Balaban J connectivity index is 1.81. The summed E-state index contributed by atoms with van der Waals surface area (Å²) in [4.78, 5) is 13.3. The lowest BCUT2D eigenvalue weighted by atomic mass is 9.99. The van der Waals surface area contributed by atoms with Gasteiger partial charge in [0.15, 0.2) is 6.61 Å². The maximum Gasteiger partial charge on any atom is 0.270 e. The fourth-order valence-corrected chi connectivity index (χ4v) is 2.03. The third-order valence-corrected chi connectivity index (χ3v) is 3.56. The maximum absolute atomic E-state index is 11.8. The van der Waals surface area contributed by atoms with E-state index in [1.54, 1.807) is 0 Å². The van der Waals surface area contributed by atoms with E-state index in [9.17, 15) is 4.79 Å². The van der Waals surface area contributed by atoms with Gasteiger partial charge >= 0.3 is 0 Å². The highest BCUT2D eigenvalue weighted by Gasteiger charge is 2.09. The number of aryl methyl sites for hydroxylation is 1. The Hall–Kier alpha value is -2.44. The number of aromatic nitrogens is 4. The van der Waals surface area contributed by atoms with E-state index < -0.39 is 0 Å². The van der Waals surface area contributed by atoms with Crippen LogP contribution in [0.15, 0.2) is 24.3 Å². The normalized spacial score (nSPS) is 12.0. The van der Waals surface area contributed by atoms with Crippen molar-refractivity contribution in [3.63, 3.8) is 0 Å². The number of benzene rings is 1. The first-order valence-corrected chi connectivity index (χ1v) is 7.92. The summed E-state index contributed by atoms with van der Waals surface area (Å²) >= 11 is 0. The Kier molecular flexibility index (Phi) is 6.08. The molecule has 1 amide bonds. The van der Waals surface area contributed by atoms with Gasteiger partial charge in [0.2, 0.25) is 0 Å². The summed E-state index contributed by atoms with van der Waals surface area (Å²) in [5, 5.41) is 14.2. The predicted octanol–water partition coefficient (Wildman–Crippen LogP) is 2.61. The minimum absolute atomic E-state index is 0.0923. The number of amides is 1. The van der Waals surface area contributed by atoms with Crippen molar-refractivity contribution in [2.75, 3.05) is 11.9 Å². The number of hydrogen-bond acceptors (Lipinski definition) is 5. The summed E-state index contributed by atoms with van der Waals surface area (Å²) in [7, 11) is 0. The van der Waals surface area contributed by atoms with Crippen LogP contribution in [-0.2, 0) is 11.3 Å². The van der Waals surface area contributed by atoms with Crippen LogP contribution in [0.25, 0.3) is 0 Å². The molecule has 0 unspecified atom stereocenters. The molecule has 1 N–H and O–H groups in total. The molecule has 1 aromatic heterocycles. The molecule has 7 nitrogen and oxygen atoms in total. The Morgan fingerprint density at radius 3 is 2.70 bits per heavy atom. The van der Waals surface area contributed by atoms with E-state index in [1.165, 1.54) is 10.4 Å². The van der Waals surface area contributed by atoms with Crippen molar-refractivity contribution >= 4 is 11.9 Å². The Bertz CT molecular complexity index is 624. The van der Waals surface area contributed by atoms with E-state index in [4.69, 9.17) is 4.74 Å². The van der Waals surface area contributed by atoms with Gasteiger partial charge in [-0.05, 0) is 41.7 Å². The van der Waals surface area contributed by atoms with Crippen LogP contribution in [0.2, 0.25) is 0 Å². The SMILES string of the molecule is CCCn1nnc(NC(=O)COc2ccc([C@@H](C)CC)cc2)n1. The van der Waals surface area contributed by atoms with Crippen molar-refractivity contribution in [1.29, 1.82) is 0 Å². The van der Waals surface area contributed by atoms with Crippen LogP contribution in [0.3, 0.4) is 0 Å². The number of tetrazole rings is 1. The first-order chi connectivity index (χ1) is 11.1. The van der Waals surface area contributed by atoms with Gasteiger partial charge in [-0.1, -0.05) is 38.0 Å². The van der Waals surface area contributed by atoms with Gasteiger partial charge in [-0.3, -0.25) is 10.1 Å². The van der Waals surface area contributed by atoms with Crippen LogP contribution in [0.5, 0.6) is 5.75 Å². The van der Waals surface area contributed by atoms with Gasteiger partial charge in [-0.15, -0.1) is 5.10 Å². The van der Waals surface area contributed by atoms with Gasteiger partial charge in [0, 0.05) is 0 Å². The van der Waals surface area contributed by atoms with Gasteiger partial charge in [0.05, 0.1) is 6.54 Å². The van der Waals surface area contributed by atoms with Crippen molar-refractivity contribution < 1.29 is 9.53 Å². The van der Waals surface area contributed by atoms with Crippen molar-refractivity contribution in [3.8, 4) is 5.75 Å². The molecule has 0 spiro atoms. The second-order valence-electron chi connectivity index (χ2n) is 5.42. The molecule has 2 aromatic rings. The van der Waals surface area contributed by atoms with E-state index in [0.717, 1.165) is 12.8 Å². The standard InChI is InChI=1S/C16H23N5O2/c1-4-10-21-19-16(18-20-21)17-15(22)11-23-14-8-6-13(7-9-14)12(3)5-2/h6-9,12H,4-5,10-11H2,1-3H3,(H,17,19,22)/t12-/m0/s1. The molecule has 0 radical (unpaired) electrons. The van der Waals surface area contributed by atoms with Crippen LogP contribution in [-0.4, -0.2) is 32.7 Å². The molecule has 0 aliphatic carbocycles. The minimum atomic E-state index is -0.313. The molecule has 124 valence electrons. The van der Waals surface area contributed by atoms with Crippen molar-refractivity contribution in [1.82, 2.24) is 20.2 Å². The van der Waals surface area contributed by atoms with E-state index in [-0.39, 0.29) is 18.5 Å². The van der Waals surface area contributed by atoms with E-state index in [2.05, 4.69) is 34.6 Å². The lowest BCUT2D eigenvalue weighted by Crippen LogP contribution is -2.21. The molecule has 0 aliphatic rings. The van der Waals surface area contributed by atoms with Crippen LogP contribution >= 0.6 is 0 Å². The zero-order valence-electron chi connectivity index (χ0n) is 13.8. The largest absolute Gasteiger partial charge is 0.484 e. The average Bonchev–Trinajstić information content (AvgIpc) is 3.00. The highest BCUT2D eigenvalue weighted by Crippen LogP contribution is 2.21. The molecule has 0 aliphatic heterocycles. The number of carbonyl (C=O) groups excluding carboxylic acids is 1. The number of nitrogens with zero attached hydrogens (tertiary/aromatic N) is 4. The molecule has 1 heterocycles. The van der Waals surface area contributed by atoms with Gasteiger partial charge in [-0.25, -0.2) is 0 Å². The smallest absolute Gasteiger partial charge is 0.270 e. The van der Waals surface area contributed by atoms with E-state index in [1.807, 2.05) is 31.2 Å². The molecule has 1 aromatic carbocycles. The molecule has 0 saturated carbocycles. The lowest BCUT2D eigenvalue weighted by molar-refractivity contribution is -0.118. The second kappa shape index (κ2) is 8.26. The van der Waals surface area contributed by atoms with Crippen LogP contribution in [0.4, 0.5) is 5.95 Å². The van der Waals surface area contributed by atoms with Crippen molar-refractivity contribution in [2.45, 2.75) is 46.1 Å². The van der Waals surface area contributed by atoms with Crippen molar-refractivity contribution in [2.24, 2.45) is 0 Å². The molecule has 23 heavy (non-hydrogen) atoms. The van der Waals surface area contributed by atoms with Gasteiger partial charge < -0.3 is 4.74 Å². The number of rotatable bonds is 8. The number of nitrogens with one attached hydrogen (secondary N) is 1.